The van der Waals surface area contributed by atoms with Crippen LogP contribution in [0.5, 0.6) is 0 Å². The molecule has 3 heterocycles. The highest BCUT2D eigenvalue weighted by atomic mass is 32.2. The molecule has 3 aromatic rings. The maximum Gasteiger partial charge on any atom is 0.278 e. The van der Waals surface area contributed by atoms with E-state index in [-0.39, 0.29) is 16.6 Å². The molecular weight excluding hydrogens is 454 g/mol. The zero-order valence-electron chi connectivity index (χ0n) is 20.7. The van der Waals surface area contributed by atoms with E-state index >= 15 is 0 Å². The Bertz CT molecular complexity index is 1240. The minimum Gasteiger partial charge on any atom is -0.285 e. The van der Waals surface area contributed by atoms with Crippen molar-refractivity contribution < 1.29 is 9.46 Å². The summed E-state index contributed by atoms with van der Waals surface area (Å²) in [7, 11) is -2.07. The number of hydrogen-bond acceptors (Lipinski definition) is 7. The Hall–Kier alpha value is -2.01. The minimum atomic E-state index is -2.07. The molecule has 10 heteroatoms. The van der Waals surface area contributed by atoms with Gasteiger partial charge in [0.25, 0.3) is 5.56 Å². The fourth-order valence-corrected chi connectivity index (χ4v) is 4.32. The standard InChI is InChI=1S/C23H33N5O3SSi/c1-15(2)27-20(29)16-14-24-21(32-6)26-19(16)28(27)18-11-9-10-17(25-18)23(12-13-23)30-31-33(7,8)22(3,4)5/h9-11,14-15H,12-13H2,1-8H3. The van der Waals surface area contributed by atoms with E-state index in [1.54, 1.807) is 15.6 Å². The van der Waals surface area contributed by atoms with Crippen molar-refractivity contribution in [2.75, 3.05) is 6.26 Å². The molecule has 0 unspecified atom stereocenters. The monoisotopic (exact) mass is 487 g/mol. The zero-order valence-corrected chi connectivity index (χ0v) is 22.5. The van der Waals surface area contributed by atoms with Gasteiger partial charge in [0.15, 0.2) is 16.6 Å². The summed E-state index contributed by atoms with van der Waals surface area (Å²) in [6.45, 7) is 14.9. The molecule has 1 aliphatic carbocycles. The Morgan fingerprint density at radius 3 is 2.45 bits per heavy atom. The number of hydrogen-bond donors (Lipinski definition) is 0. The van der Waals surface area contributed by atoms with E-state index in [4.69, 9.17) is 14.4 Å². The maximum absolute atomic E-state index is 13.2. The molecule has 1 saturated carbocycles. The molecule has 0 saturated heterocycles. The summed E-state index contributed by atoms with van der Waals surface area (Å²) in [5, 5.41) is 1.13. The van der Waals surface area contributed by atoms with Crippen molar-refractivity contribution in [2.24, 2.45) is 0 Å². The first kappa shape index (κ1) is 24.1. The molecule has 178 valence electrons. The smallest absolute Gasteiger partial charge is 0.278 e. The maximum atomic E-state index is 13.2. The highest BCUT2D eigenvalue weighted by molar-refractivity contribution is 7.98. The van der Waals surface area contributed by atoms with Crippen LogP contribution in [-0.4, -0.2) is 38.9 Å². The van der Waals surface area contributed by atoms with Gasteiger partial charge in [0.05, 0.1) is 5.69 Å². The quantitative estimate of drug-likeness (QED) is 0.148. The van der Waals surface area contributed by atoms with Crippen molar-refractivity contribution in [1.29, 1.82) is 0 Å². The number of fused-ring (bicyclic) bond motifs is 1. The third kappa shape index (κ3) is 4.29. The van der Waals surface area contributed by atoms with Crippen molar-refractivity contribution in [1.82, 2.24) is 24.3 Å². The molecule has 3 aromatic heterocycles. The number of thioether (sulfide) groups is 1. The summed E-state index contributed by atoms with van der Waals surface area (Å²) in [6.07, 6.45) is 5.22. The van der Waals surface area contributed by atoms with Gasteiger partial charge in [-0.05, 0) is 63.2 Å². The minimum absolute atomic E-state index is 0.0461. The van der Waals surface area contributed by atoms with Crippen LogP contribution in [0.3, 0.4) is 0 Å². The van der Waals surface area contributed by atoms with Gasteiger partial charge < -0.3 is 0 Å². The summed E-state index contributed by atoms with van der Waals surface area (Å²) in [5.74, 6) is 0.626. The lowest BCUT2D eigenvalue weighted by Crippen LogP contribution is -2.42. The normalized spacial score (nSPS) is 16.0. The molecule has 33 heavy (non-hydrogen) atoms. The molecule has 8 nitrogen and oxygen atoms in total. The third-order valence-electron chi connectivity index (χ3n) is 6.61. The van der Waals surface area contributed by atoms with Gasteiger partial charge in [-0.1, -0.05) is 38.6 Å². The van der Waals surface area contributed by atoms with Crippen LogP contribution in [0.1, 0.15) is 59.2 Å². The molecule has 0 aliphatic heterocycles. The summed E-state index contributed by atoms with van der Waals surface area (Å²) in [5.41, 5.74) is 0.693. The Morgan fingerprint density at radius 2 is 1.88 bits per heavy atom. The van der Waals surface area contributed by atoms with Crippen LogP contribution >= 0.6 is 11.8 Å². The van der Waals surface area contributed by atoms with Crippen molar-refractivity contribution in [2.45, 2.75) is 82.4 Å². The van der Waals surface area contributed by atoms with E-state index in [9.17, 15) is 4.79 Å². The van der Waals surface area contributed by atoms with E-state index in [1.807, 2.05) is 38.3 Å². The Labute approximate surface area is 199 Å². The van der Waals surface area contributed by atoms with Crippen LogP contribution in [0, 0.1) is 0 Å². The number of pyridine rings is 1. The van der Waals surface area contributed by atoms with Gasteiger partial charge in [0.2, 0.25) is 8.32 Å². The van der Waals surface area contributed by atoms with Gasteiger partial charge in [0.1, 0.15) is 11.0 Å². The molecule has 0 radical (unpaired) electrons. The SMILES string of the molecule is CSc1ncc2c(=O)n(C(C)C)n(-c3cccc(C4(OO[Si](C)(C)C(C)(C)C)CC4)n3)c2n1. The first-order valence-electron chi connectivity index (χ1n) is 11.3. The molecule has 0 bridgehead atoms. The zero-order chi connectivity index (χ0) is 24.2. The topological polar surface area (TPSA) is 84.1 Å². The largest absolute Gasteiger partial charge is 0.285 e. The lowest BCUT2D eigenvalue weighted by molar-refractivity contribution is -0.276. The fourth-order valence-electron chi connectivity index (χ4n) is 3.37. The van der Waals surface area contributed by atoms with Crippen LogP contribution in [0.4, 0.5) is 0 Å². The highest BCUT2D eigenvalue weighted by Gasteiger charge is 2.51. The molecule has 0 aromatic carbocycles. The van der Waals surface area contributed by atoms with E-state index in [0.717, 1.165) is 18.5 Å². The first-order chi connectivity index (χ1) is 15.4. The lowest BCUT2D eigenvalue weighted by atomic mass is 10.2. The predicted molar refractivity (Wildman–Crippen MR) is 133 cm³/mol. The molecule has 0 N–H and O–H groups in total. The summed E-state index contributed by atoms with van der Waals surface area (Å²) in [4.78, 5) is 33.1. The van der Waals surface area contributed by atoms with Gasteiger partial charge >= 0.3 is 0 Å². The summed E-state index contributed by atoms with van der Waals surface area (Å²) < 4.78 is 9.59. The van der Waals surface area contributed by atoms with Crippen molar-refractivity contribution in [3.05, 3.63) is 40.4 Å². The van der Waals surface area contributed by atoms with Crippen molar-refractivity contribution in [3.8, 4) is 5.82 Å². The van der Waals surface area contributed by atoms with E-state index in [0.29, 0.717) is 22.0 Å². The highest BCUT2D eigenvalue weighted by Crippen LogP contribution is 2.50. The average molecular weight is 488 g/mol. The Kier molecular flexibility index (Phi) is 6.09. The molecule has 1 fully saturated rings. The summed E-state index contributed by atoms with van der Waals surface area (Å²) in [6, 6.07) is 5.73. The molecule has 0 atom stereocenters. The third-order valence-corrected chi connectivity index (χ3v) is 11.3. The van der Waals surface area contributed by atoms with Gasteiger partial charge in [-0.25, -0.2) is 29.2 Å². The average Bonchev–Trinajstić information content (AvgIpc) is 3.50. The molecular formula is C23H33N5O3SSi. The second kappa shape index (κ2) is 8.33. The first-order valence-corrected chi connectivity index (χ1v) is 15.4. The van der Waals surface area contributed by atoms with Crippen molar-refractivity contribution in [3.63, 3.8) is 0 Å². The van der Waals surface area contributed by atoms with Crippen LogP contribution in [-0.2, 0) is 15.1 Å². The van der Waals surface area contributed by atoms with Gasteiger partial charge in [-0.2, -0.15) is 0 Å². The van der Waals surface area contributed by atoms with Gasteiger partial charge in [-0.15, -0.1) is 0 Å². The Balaban J connectivity index is 1.78. The van der Waals surface area contributed by atoms with Gasteiger partial charge in [-0.3, -0.25) is 9.37 Å². The van der Waals surface area contributed by atoms with E-state index in [1.165, 1.54) is 11.8 Å². The number of aromatic nitrogens is 5. The number of nitrogens with zero attached hydrogens (tertiary/aromatic N) is 5. The van der Waals surface area contributed by atoms with Crippen LogP contribution in [0.2, 0.25) is 18.1 Å². The van der Waals surface area contributed by atoms with E-state index < -0.39 is 13.9 Å². The Morgan fingerprint density at radius 1 is 1.18 bits per heavy atom. The fraction of sp³-hybridized carbons (Fsp3) is 0.565. The van der Waals surface area contributed by atoms with Crippen LogP contribution < -0.4 is 5.56 Å². The molecule has 0 spiro atoms. The van der Waals surface area contributed by atoms with Crippen molar-refractivity contribution >= 4 is 31.1 Å². The van der Waals surface area contributed by atoms with Gasteiger partial charge in [0, 0.05) is 12.2 Å². The van der Waals surface area contributed by atoms with Crippen LogP contribution in [0.15, 0.2) is 34.3 Å². The lowest BCUT2D eigenvalue weighted by Gasteiger charge is -2.35. The predicted octanol–water partition coefficient (Wildman–Crippen LogP) is 5.22. The summed E-state index contributed by atoms with van der Waals surface area (Å²) >= 11 is 1.44. The van der Waals surface area contributed by atoms with Crippen LogP contribution in [0.25, 0.3) is 16.9 Å². The van der Waals surface area contributed by atoms with E-state index in [2.05, 4.69) is 43.8 Å². The number of rotatable bonds is 7. The molecule has 4 rings (SSSR count). The second-order valence-electron chi connectivity index (χ2n) is 10.5. The molecule has 1 aliphatic rings. The molecule has 0 amide bonds. The second-order valence-corrected chi connectivity index (χ2v) is 15.9.